The lowest BCUT2D eigenvalue weighted by molar-refractivity contribution is -0.119. The largest absolute Gasteiger partial charge is 0.303 e. The Morgan fingerprint density at radius 3 is 3.00 bits per heavy atom. The number of rotatable bonds is 3. The fourth-order valence-electron chi connectivity index (χ4n) is 1.90. The molecule has 0 fully saturated rings. The maximum atomic E-state index is 11.1. The third kappa shape index (κ3) is 1.98. The number of nitrogens with zero attached hydrogens (tertiary/aromatic N) is 1. The highest BCUT2D eigenvalue weighted by Crippen LogP contribution is 2.39. The number of hydrogen-bond donors (Lipinski definition) is 0. The first kappa shape index (κ1) is 9.98. The van der Waals surface area contributed by atoms with Gasteiger partial charge in [-0.1, -0.05) is 19.1 Å². The van der Waals surface area contributed by atoms with Gasteiger partial charge < -0.3 is 4.79 Å². The molecule has 0 heterocycles. The van der Waals surface area contributed by atoms with E-state index in [2.05, 4.69) is 25.1 Å². The van der Waals surface area contributed by atoms with Crippen molar-refractivity contribution in [1.82, 2.24) is 0 Å². The zero-order valence-corrected chi connectivity index (χ0v) is 7.99. The van der Waals surface area contributed by atoms with Crippen molar-refractivity contribution in [2.24, 2.45) is 11.3 Å². The van der Waals surface area contributed by atoms with Crippen LogP contribution < -0.4 is 0 Å². The van der Waals surface area contributed by atoms with Crippen molar-refractivity contribution in [1.29, 1.82) is 5.26 Å². The maximum absolute atomic E-state index is 11.1. The molecule has 2 unspecified atom stereocenters. The van der Waals surface area contributed by atoms with Crippen LogP contribution in [0.4, 0.5) is 0 Å². The molecule has 2 nitrogen and oxygen atoms in total. The number of allylic oxidation sites excluding steroid dienone is 2. The highest BCUT2D eigenvalue weighted by molar-refractivity contribution is 5.61. The van der Waals surface area contributed by atoms with Crippen LogP contribution in [0.5, 0.6) is 0 Å². The molecular formula is C11H15NO. The summed E-state index contributed by atoms with van der Waals surface area (Å²) in [7, 11) is 0. The molecule has 1 aliphatic rings. The predicted octanol–water partition coefficient (Wildman–Crippen LogP) is 2.46. The van der Waals surface area contributed by atoms with Crippen molar-refractivity contribution in [3.63, 3.8) is 0 Å². The fourth-order valence-corrected chi connectivity index (χ4v) is 1.90. The minimum atomic E-state index is -0.259. The van der Waals surface area contributed by atoms with Gasteiger partial charge in [0.1, 0.15) is 6.29 Å². The molecular weight excluding hydrogens is 162 g/mol. The molecule has 0 aliphatic heterocycles. The Bertz CT molecular complexity index is 251. The molecule has 0 N–H and O–H groups in total. The van der Waals surface area contributed by atoms with Crippen LogP contribution in [-0.4, -0.2) is 6.29 Å². The SMILES string of the molecule is CC1CC=CCC1(C=O)CCC#N. The van der Waals surface area contributed by atoms with E-state index in [1.165, 1.54) is 0 Å². The number of aldehydes is 1. The quantitative estimate of drug-likeness (QED) is 0.490. The predicted molar refractivity (Wildman–Crippen MR) is 50.9 cm³/mol. The van der Waals surface area contributed by atoms with Gasteiger partial charge in [-0.05, 0) is 25.2 Å². The topological polar surface area (TPSA) is 40.9 Å². The second-order valence-corrected chi connectivity index (χ2v) is 3.82. The van der Waals surface area contributed by atoms with Crippen molar-refractivity contribution < 1.29 is 4.79 Å². The highest BCUT2D eigenvalue weighted by atomic mass is 16.1. The lowest BCUT2D eigenvalue weighted by Gasteiger charge is -2.34. The molecule has 1 rings (SSSR count). The van der Waals surface area contributed by atoms with Gasteiger partial charge in [-0.3, -0.25) is 0 Å². The monoisotopic (exact) mass is 177 g/mol. The Morgan fingerprint density at radius 2 is 2.46 bits per heavy atom. The highest BCUT2D eigenvalue weighted by Gasteiger charge is 2.35. The van der Waals surface area contributed by atoms with E-state index in [0.29, 0.717) is 18.8 Å². The number of nitriles is 1. The Balaban J connectivity index is 2.73. The Hall–Kier alpha value is -1.10. The van der Waals surface area contributed by atoms with Gasteiger partial charge in [0.05, 0.1) is 6.07 Å². The van der Waals surface area contributed by atoms with Gasteiger partial charge in [0.25, 0.3) is 0 Å². The summed E-state index contributed by atoms with van der Waals surface area (Å²) in [6, 6.07) is 2.11. The standard InChI is InChI=1S/C11H15NO/c1-10-5-2-3-6-11(10,9-13)7-4-8-12/h2-3,9-10H,4-7H2,1H3. The minimum Gasteiger partial charge on any atom is -0.303 e. The first-order chi connectivity index (χ1) is 6.25. The van der Waals surface area contributed by atoms with Gasteiger partial charge in [0.15, 0.2) is 0 Å². The van der Waals surface area contributed by atoms with Gasteiger partial charge >= 0.3 is 0 Å². The molecule has 1 aliphatic carbocycles. The summed E-state index contributed by atoms with van der Waals surface area (Å²) in [6.07, 6.45) is 8.20. The number of carbonyl (C=O) groups is 1. The zero-order valence-electron chi connectivity index (χ0n) is 7.99. The van der Waals surface area contributed by atoms with Gasteiger partial charge in [0.2, 0.25) is 0 Å². The Morgan fingerprint density at radius 1 is 1.69 bits per heavy atom. The van der Waals surface area contributed by atoms with Crippen molar-refractivity contribution in [3.05, 3.63) is 12.2 Å². The summed E-state index contributed by atoms with van der Waals surface area (Å²) in [5.74, 6) is 0.378. The van der Waals surface area contributed by atoms with Gasteiger partial charge in [0, 0.05) is 11.8 Å². The summed E-state index contributed by atoms with van der Waals surface area (Å²) in [6.45, 7) is 2.09. The van der Waals surface area contributed by atoms with Crippen LogP contribution in [0.15, 0.2) is 12.2 Å². The molecule has 2 heteroatoms. The average molecular weight is 177 g/mol. The molecule has 13 heavy (non-hydrogen) atoms. The van der Waals surface area contributed by atoms with E-state index < -0.39 is 0 Å². The normalized spacial score (nSPS) is 32.5. The third-order valence-corrected chi connectivity index (χ3v) is 3.07. The Labute approximate surface area is 79.2 Å². The van der Waals surface area contributed by atoms with Crippen LogP contribution in [0.1, 0.15) is 32.6 Å². The van der Waals surface area contributed by atoms with E-state index in [1.54, 1.807) is 0 Å². The van der Waals surface area contributed by atoms with Gasteiger partial charge in [-0.2, -0.15) is 5.26 Å². The summed E-state index contributed by atoms with van der Waals surface area (Å²) < 4.78 is 0. The molecule has 0 saturated carbocycles. The lowest BCUT2D eigenvalue weighted by atomic mass is 9.68. The van der Waals surface area contributed by atoms with E-state index in [9.17, 15) is 4.79 Å². The Kier molecular flexibility index (Phi) is 3.25. The molecule has 0 radical (unpaired) electrons. The van der Waals surface area contributed by atoms with Crippen molar-refractivity contribution in [3.8, 4) is 6.07 Å². The molecule has 2 atom stereocenters. The summed E-state index contributed by atoms with van der Waals surface area (Å²) in [5, 5.41) is 8.51. The van der Waals surface area contributed by atoms with Gasteiger partial charge in [-0.15, -0.1) is 0 Å². The van der Waals surface area contributed by atoms with Crippen molar-refractivity contribution >= 4 is 6.29 Å². The molecule has 0 spiro atoms. The summed E-state index contributed by atoms with van der Waals surface area (Å²) >= 11 is 0. The van der Waals surface area contributed by atoms with Crippen molar-refractivity contribution in [2.45, 2.75) is 32.6 Å². The van der Waals surface area contributed by atoms with E-state index in [4.69, 9.17) is 5.26 Å². The molecule has 70 valence electrons. The minimum absolute atomic E-state index is 0.259. The molecule has 0 bridgehead atoms. The summed E-state index contributed by atoms with van der Waals surface area (Å²) in [5.41, 5.74) is -0.259. The van der Waals surface area contributed by atoms with Crippen LogP contribution in [-0.2, 0) is 4.79 Å². The molecule has 0 aromatic rings. The second-order valence-electron chi connectivity index (χ2n) is 3.82. The zero-order chi connectivity index (χ0) is 9.73. The maximum Gasteiger partial charge on any atom is 0.126 e. The van der Waals surface area contributed by atoms with E-state index in [0.717, 1.165) is 19.1 Å². The van der Waals surface area contributed by atoms with Crippen molar-refractivity contribution in [2.75, 3.05) is 0 Å². The van der Waals surface area contributed by atoms with E-state index in [1.807, 2.05) is 0 Å². The molecule has 0 aromatic carbocycles. The number of carbonyl (C=O) groups excluding carboxylic acids is 1. The third-order valence-electron chi connectivity index (χ3n) is 3.07. The second kappa shape index (κ2) is 4.23. The van der Waals surface area contributed by atoms with Crippen LogP contribution in [0.2, 0.25) is 0 Å². The van der Waals surface area contributed by atoms with E-state index >= 15 is 0 Å². The van der Waals surface area contributed by atoms with E-state index in [-0.39, 0.29) is 5.41 Å². The first-order valence-electron chi connectivity index (χ1n) is 4.73. The summed E-state index contributed by atoms with van der Waals surface area (Å²) in [4.78, 5) is 11.1. The van der Waals surface area contributed by atoms with Gasteiger partial charge in [-0.25, -0.2) is 0 Å². The van der Waals surface area contributed by atoms with Crippen LogP contribution >= 0.6 is 0 Å². The smallest absolute Gasteiger partial charge is 0.126 e. The van der Waals surface area contributed by atoms with Crippen LogP contribution in [0.3, 0.4) is 0 Å². The first-order valence-corrected chi connectivity index (χ1v) is 4.73. The molecule has 0 saturated heterocycles. The molecule has 0 amide bonds. The number of hydrogen-bond acceptors (Lipinski definition) is 2. The fraction of sp³-hybridized carbons (Fsp3) is 0.636. The van der Waals surface area contributed by atoms with Crippen LogP contribution in [0, 0.1) is 22.7 Å². The van der Waals surface area contributed by atoms with Crippen LogP contribution in [0.25, 0.3) is 0 Å². The molecule has 0 aromatic heterocycles. The average Bonchev–Trinajstić information content (AvgIpc) is 2.17. The lowest BCUT2D eigenvalue weighted by Crippen LogP contribution is -2.31.